The molecule has 0 aliphatic carbocycles. The highest BCUT2D eigenvalue weighted by Crippen LogP contribution is 2.20. The van der Waals surface area contributed by atoms with Gasteiger partial charge in [0.1, 0.15) is 11.9 Å². The van der Waals surface area contributed by atoms with Gasteiger partial charge in [0.2, 0.25) is 21.8 Å². The molecule has 0 unspecified atom stereocenters. The predicted octanol–water partition coefficient (Wildman–Crippen LogP) is 4.36. The monoisotopic (exact) mass is 525 g/mol. The van der Waals surface area contributed by atoms with Crippen molar-refractivity contribution in [2.24, 2.45) is 0 Å². The van der Waals surface area contributed by atoms with Gasteiger partial charge >= 0.3 is 0 Å². The van der Waals surface area contributed by atoms with Crippen LogP contribution in [0.15, 0.2) is 48.5 Å². The summed E-state index contributed by atoms with van der Waals surface area (Å²) in [5, 5.41) is 3.41. The van der Waals surface area contributed by atoms with Gasteiger partial charge in [0, 0.05) is 30.1 Å². The van der Waals surface area contributed by atoms with Gasteiger partial charge in [0.05, 0.1) is 11.9 Å². The molecule has 7 nitrogen and oxygen atoms in total. The lowest BCUT2D eigenvalue weighted by Gasteiger charge is -2.32. The lowest BCUT2D eigenvalue weighted by atomic mass is 10.1. The number of benzene rings is 2. The molecule has 0 aliphatic heterocycles. The molecule has 2 amide bonds. The summed E-state index contributed by atoms with van der Waals surface area (Å²) in [7, 11) is -3.65. The molecule has 0 aromatic heterocycles. The Kier molecular flexibility index (Phi) is 9.68. The quantitative estimate of drug-likeness (QED) is 0.499. The first-order chi connectivity index (χ1) is 16.2. The number of rotatable bonds is 10. The first-order valence-corrected chi connectivity index (χ1v) is 13.5. The Hall–Kier alpha value is -2.65. The summed E-state index contributed by atoms with van der Waals surface area (Å²) >= 11 is 6.10. The molecule has 0 saturated carbocycles. The topological polar surface area (TPSA) is 86.8 Å². The van der Waals surface area contributed by atoms with Crippen molar-refractivity contribution in [1.29, 1.82) is 0 Å². The zero-order valence-electron chi connectivity index (χ0n) is 20.7. The highest BCUT2D eigenvalue weighted by atomic mass is 35.5. The first-order valence-electron chi connectivity index (χ1n) is 11.3. The number of carbonyl (C=O) groups is 2. The third-order valence-corrected chi connectivity index (χ3v) is 6.60. The Balaban J connectivity index is 2.18. The normalized spacial score (nSPS) is 12.7. The summed E-state index contributed by atoms with van der Waals surface area (Å²) in [6.45, 7) is 7.43. The van der Waals surface area contributed by atoms with E-state index in [4.69, 9.17) is 11.6 Å². The molecular formula is C25H33ClFN3O4S. The van der Waals surface area contributed by atoms with Gasteiger partial charge < -0.3 is 10.2 Å². The smallest absolute Gasteiger partial charge is 0.242 e. The molecule has 0 aliphatic rings. The van der Waals surface area contributed by atoms with Crippen molar-refractivity contribution >= 4 is 39.1 Å². The van der Waals surface area contributed by atoms with E-state index >= 15 is 0 Å². The molecule has 192 valence electrons. The number of sulfonamides is 1. The van der Waals surface area contributed by atoms with Crippen molar-refractivity contribution in [2.75, 3.05) is 17.1 Å². The van der Waals surface area contributed by atoms with Crippen molar-refractivity contribution < 1.29 is 22.4 Å². The van der Waals surface area contributed by atoms with Crippen molar-refractivity contribution in [2.45, 2.75) is 58.7 Å². The summed E-state index contributed by atoms with van der Waals surface area (Å²) in [5.41, 5.74) is 0.613. The fraction of sp³-hybridized carbons (Fsp3) is 0.440. The van der Waals surface area contributed by atoms with E-state index in [1.54, 1.807) is 25.1 Å². The first kappa shape index (κ1) is 28.6. The largest absolute Gasteiger partial charge is 0.350 e. The summed E-state index contributed by atoms with van der Waals surface area (Å²) in [6, 6.07) is 11.4. The zero-order valence-corrected chi connectivity index (χ0v) is 22.3. The van der Waals surface area contributed by atoms with E-state index < -0.39 is 27.4 Å². The highest BCUT2D eigenvalue weighted by Gasteiger charge is 2.28. The summed E-state index contributed by atoms with van der Waals surface area (Å²) in [4.78, 5) is 27.6. The van der Waals surface area contributed by atoms with Gasteiger partial charge in [-0.15, -0.1) is 0 Å². The molecule has 35 heavy (non-hydrogen) atoms. The SMILES string of the molecule is C[C@H](C(=O)NC(C)(C)C)N(Cc1cccc(Cl)c1)C(=O)CCCN(c1ccc(F)cc1)S(C)(=O)=O. The average Bonchev–Trinajstić information content (AvgIpc) is 2.73. The van der Waals surface area contributed by atoms with Crippen LogP contribution in [-0.2, 0) is 26.2 Å². The number of hydrogen-bond donors (Lipinski definition) is 1. The van der Waals surface area contributed by atoms with Crippen LogP contribution in [0.3, 0.4) is 0 Å². The number of carbonyl (C=O) groups excluding carboxylic acids is 2. The highest BCUT2D eigenvalue weighted by molar-refractivity contribution is 7.92. The Morgan fingerprint density at radius 2 is 1.74 bits per heavy atom. The standard InChI is InChI=1S/C25H33ClFN3O4S/c1-18(24(32)28-25(2,3)4)29(17-19-8-6-9-20(26)16-19)23(31)10-7-15-30(35(5,33)34)22-13-11-21(27)12-14-22/h6,8-9,11-14,16,18H,7,10,15,17H2,1-5H3,(H,28,32)/t18-/m1/s1. The number of amides is 2. The van der Waals surface area contributed by atoms with E-state index in [0.29, 0.717) is 10.7 Å². The Morgan fingerprint density at radius 3 is 2.29 bits per heavy atom. The third kappa shape index (κ3) is 9.14. The van der Waals surface area contributed by atoms with Crippen LogP contribution in [0.2, 0.25) is 5.02 Å². The molecule has 0 saturated heterocycles. The molecule has 1 atom stereocenters. The maximum Gasteiger partial charge on any atom is 0.242 e. The molecule has 1 N–H and O–H groups in total. The number of nitrogens with zero attached hydrogens (tertiary/aromatic N) is 2. The molecule has 10 heteroatoms. The minimum absolute atomic E-state index is 0.0148. The van der Waals surface area contributed by atoms with Crippen LogP contribution in [0.5, 0.6) is 0 Å². The Bertz CT molecular complexity index is 1130. The van der Waals surface area contributed by atoms with Crippen molar-refractivity contribution in [3.05, 3.63) is 64.9 Å². The van der Waals surface area contributed by atoms with E-state index in [1.807, 2.05) is 26.8 Å². The van der Waals surface area contributed by atoms with Gasteiger partial charge in [0.25, 0.3) is 0 Å². The zero-order chi connectivity index (χ0) is 26.4. The molecule has 2 aromatic rings. The van der Waals surface area contributed by atoms with E-state index in [0.717, 1.165) is 16.1 Å². The average molecular weight is 526 g/mol. The van der Waals surface area contributed by atoms with Crippen molar-refractivity contribution in [3.63, 3.8) is 0 Å². The van der Waals surface area contributed by atoms with Gasteiger partial charge in [-0.05, 0) is 76.1 Å². The Labute approximate surface area is 212 Å². The minimum atomic E-state index is -3.65. The molecular weight excluding hydrogens is 493 g/mol. The molecule has 0 heterocycles. The summed E-state index contributed by atoms with van der Waals surface area (Å²) in [6.07, 6.45) is 1.28. The number of anilines is 1. The maximum absolute atomic E-state index is 13.3. The van der Waals surface area contributed by atoms with Crippen LogP contribution in [0, 0.1) is 5.82 Å². The van der Waals surface area contributed by atoms with E-state index in [1.165, 1.54) is 29.2 Å². The molecule has 0 radical (unpaired) electrons. The fourth-order valence-corrected chi connectivity index (χ4v) is 4.68. The number of nitrogens with one attached hydrogen (secondary N) is 1. The van der Waals surface area contributed by atoms with E-state index in [-0.39, 0.29) is 37.7 Å². The van der Waals surface area contributed by atoms with E-state index in [2.05, 4.69) is 5.32 Å². The third-order valence-electron chi connectivity index (χ3n) is 5.17. The van der Waals surface area contributed by atoms with Crippen LogP contribution in [0.4, 0.5) is 10.1 Å². The van der Waals surface area contributed by atoms with Gasteiger partial charge in [0.15, 0.2) is 0 Å². The lowest BCUT2D eigenvalue weighted by molar-refractivity contribution is -0.141. The molecule has 2 rings (SSSR count). The van der Waals surface area contributed by atoms with Gasteiger partial charge in [-0.2, -0.15) is 0 Å². The lowest BCUT2D eigenvalue weighted by Crippen LogP contribution is -2.52. The number of hydrogen-bond acceptors (Lipinski definition) is 4. The van der Waals surface area contributed by atoms with E-state index in [9.17, 15) is 22.4 Å². The maximum atomic E-state index is 13.3. The van der Waals surface area contributed by atoms with Crippen LogP contribution >= 0.6 is 11.6 Å². The predicted molar refractivity (Wildman–Crippen MR) is 137 cm³/mol. The van der Waals surface area contributed by atoms with Gasteiger partial charge in [-0.25, -0.2) is 12.8 Å². The summed E-state index contributed by atoms with van der Waals surface area (Å²) < 4.78 is 39.0. The number of halogens is 2. The summed E-state index contributed by atoms with van der Waals surface area (Å²) in [5.74, 6) is -1.07. The van der Waals surface area contributed by atoms with Crippen LogP contribution < -0.4 is 9.62 Å². The second-order valence-electron chi connectivity index (χ2n) is 9.48. The fourth-order valence-electron chi connectivity index (χ4n) is 3.50. The molecule has 0 spiro atoms. The Morgan fingerprint density at radius 1 is 1.11 bits per heavy atom. The minimum Gasteiger partial charge on any atom is -0.350 e. The second-order valence-corrected chi connectivity index (χ2v) is 11.8. The van der Waals surface area contributed by atoms with Crippen LogP contribution in [0.25, 0.3) is 0 Å². The molecule has 2 aromatic carbocycles. The van der Waals surface area contributed by atoms with Crippen molar-refractivity contribution in [1.82, 2.24) is 10.2 Å². The second kappa shape index (κ2) is 11.9. The van der Waals surface area contributed by atoms with Crippen molar-refractivity contribution in [3.8, 4) is 0 Å². The molecule has 0 fully saturated rings. The molecule has 0 bridgehead atoms. The van der Waals surface area contributed by atoms with Gasteiger partial charge in [-0.3, -0.25) is 13.9 Å². The van der Waals surface area contributed by atoms with Gasteiger partial charge in [-0.1, -0.05) is 23.7 Å². The van der Waals surface area contributed by atoms with Crippen LogP contribution in [-0.4, -0.2) is 49.5 Å². The van der Waals surface area contributed by atoms with Crippen LogP contribution in [0.1, 0.15) is 46.1 Å².